The molecule has 1 aliphatic rings. The van der Waals surface area contributed by atoms with Crippen LogP contribution in [0.25, 0.3) is 11.3 Å². The maximum atomic E-state index is 12.2. The number of nitro groups is 1. The quantitative estimate of drug-likeness (QED) is 0.437. The fourth-order valence-electron chi connectivity index (χ4n) is 3.09. The number of likely N-dealkylation sites (tertiary alicyclic amines) is 1. The first-order valence-corrected chi connectivity index (χ1v) is 8.92. The van der Waals surface area contributed by atoms with E-state index in [-0.39, 0.29) is 17.8 Å². The Balaban J connectivity index is 1.68. The average Bonchev–Trinajstić information content (AvgIpc) is 2.68. The lowest BCUT2D eigenvalue weighted by molar-refractivity contribution is -0.385. The monoisotopic (exact) mass is 370 g/mol. The standard InChI is InChI=1S/C19H22N4O4/c1-22-9-6-14(7-10-22)13-27-19(24)11-17-18(23(25)26)5-4-16(21-17)15-3-2-8-20-12-15/h2-5,8,12,14H,6-7,9-11,13H2,1H3. The number of hydrogen-bond donors (Lipinski definition) is 0. The van der Waals surface area contributed by atoms with Crippen molar-refractivity contribution in [3.63, 3.8) is 0 Å². The minimum absolute atomic E-state index is 0.106. The Morgan fingerprint density at radius 1 is 1.33 bits per heavy atom. The van der Waals surface area contributed by atoms with Crippen LogP contribution in [0, 0.1) is 16.0 Å². The van der Waals surface area contributed by atoms with Gasteiger partial charge in [-0.15, -0.1) is 0 Å². The molecule has 0 amide bonds. The van der Waals surface area contributed by atoms with E-state index in [1.807, 2.05) is 6.07 Å². The Labute approximate surface area is 157 Å². The average molecular weight is 370 g/mol. The largest absolute Gasteiger partial charge is 0.465 e. The maximum Gasteiger partial charge on any atom is 0.312 e. The number of pyridine rings is 2. The molecule has 142 valence electrons. The summed E-state index contributed by atoms with van der Waals surface area (Å²) in [6, 6.07) is 6.49. The lowest BCUT2D eigenvalue weighted by Gasteiger charge is -2.28. The summed E-state index contributed by atoms with van der Waals surface area (Å²) in [6.45, 7) is 2.33. The molecule has 2 aromatic rings. The molecule has 0 unspecified atom stereocenters. The fourth-order valence-corrected chi connectivity index (χ4v) is 3.09. The van der Waals surface area contributed by atoms with E-state index in [0.29, 0.717) is 18.2 Å². The summed E-state index contributed by atoms with van der Waals surface area (Å²) >= 11 is 0. The zero-order valence-corrected chi connectivity index (χ0v) is 15.2. The fraction of sp³-hybridized carbons (Fsp3) is 0.421. The number of rotatable bonds is 6. The topological polar surface area (TPSA) is 98.5 Å². The Bertz CT molecular complexity index is 805. The zero-order valence-electron chi connectivity index (χ0n) is 15.2. The molecule has 0 aromatic carbocycles. The van der Waals surface area contributed by atoms with E-state index in [4.69, 9.17) is 4.74 Å². The molecule has 0 atom stereocenters. The molecule has 1 saturated heterocycles. The number of carbonyl (C=O) groups excluding carboxylic acids is 1. The molecule has 2 aromatic heterocycles. The van der Waals surface area contributed by atoms with Gasteiger partial charge >= 0.3 is 5.97 Å². The SMILES string of the molecule is CN1CCC(COC(=O)Cc2nc(-c3cccnc3)ccc2[N+](=O)[O-])CC1. The molecule has 0 aliphatic carbocycles. The molecule has 0 radical (unpaired) electrons. The van der Waals surface area contributed by atoms with Crippen molar-refractivity contribution in [2.75, 3.05) is 26.7 Å². The molecule has 3 rings (SSSR count). The Hall–Kier alpha value is -2.87. The van der Waals surface area contributed by atoms with Crippen molar-refractivity contribution >= 4 is 11.7 Å². The summed E-state index contributed by atoms with van der Waals surface area (Å²) in [5, 5.41) is 11.3. The predicted octanol–water partition coefficient (Wildman–Crippen LogP) is 2.48. The normalized spacial score (nSPS) is 15.4. The van der Waals surface area contributed by atoms with Crippen molar-refractivity contribution in [1.82, 2.24) is 14.9 Å². The van der Waals surface area contributed by atoms with E-state index in [9.17, 15) is 14.9 Å². The van der Waals surface area contributed by atoms with Crippen molar-refractivity contribution < 1.29 is 14.5 Å². The third-order valence-electron chi connectivity index (χ3n) is 4.73. The van der Waals surface area contributed by atoms with Gasteiger partial charge in [0.05, 0.1) is 23.6 Å². The number of esters is 1. The summed E-state index contributed by atoms with van der Waals surface area (Å²) in [6.07, 6.45) is 5.00. The van der Waals surface area contributed by atoms with Crippen LogP contribution in [0.5, 0.6) is 0 Å². The highest BCUT2D eigenvalue weighted by Gasteiger charge is 2.22. The van der Waals surface area contributed by atoms with Crippen LogP contribution in [0.1, 0.15) is 18.5 Å². The summed E-state index contributed by atoms with van der Waals surface area (Å²) < 4.78 is 5.37. The van der Waals surface area contributed by atoms with Crippen LogP contribution in [0.4, 0.5) is 5.69 Å². The van der Waals surface area contributed by atoms with Crippen LogP contribution >= 0.6 is 0 Å². The zero-order chi connectivity index (χ0) is 19.2. The molecular formula is C19H22N4O4. The third-order valence-corrected chi connectivity index (χ3v) is 4.73. The first kappa shape index (κ1) is 18.9. The Morgan fingerprint density at radius 3 is 2.78 bits per heavy atom. The van der Waals surface area contributed by atoms with Crippen molar-refractivity contribution in [3.05, 3.63) is 52.5 Å². The van der Waals surface area contributed by atoms with Gasteiger partial charge in [-0.3, -0.25) is 19.9 Å². The van der Waals surface area contributed by atoms with Crippen molar-refractivity contribution in [2.45, 2.75) is 19.3 Å². The van der Waals surface area contributed by atoms with Crippen molar-refractivity contribution in [1.29, 1.82) is 0 Å². The van der Waals surface area contributed by atoms with Crippen molar-refractivity contribution in [2.24, 2.45) is 5.92 Å². The molecule has 0 saturated carbocycles. The summed E-state index contributed by atoms with van der Waals surface area (Å²) in [5.41, 5.74) is 1.19. The molecule has 8 heteroatoms. The molecule has 27 heavy (non-hydrogen) atoms. The number of piperidine rings is 1. The van der Waals surface area contributed by atoms with Gasteiger partial charge < -0.3 is 9.64 Å². The summed E-state index contributed by atoms with van der Waals surface area (Å²) in [7, 11) is 2.07. The van der Waals surface area contributed by atoms with Crippen LogP contribution in [-0.4, -0.2) is 52.5 Å². The second-order valence-electron chi connectivity index (χ2n) is 6.77. The minimum Gasteiger partial charge on any atom is -0.465 e. The maximum absolute atomic E-state index is 12.2. The highest BCUT2D eigenvalue weighted by atomic mass is 16.6. The Kier molecular flexibility index (Phi) is 6.08. The van der Waals surface area contributed by atoms with Gasteiger partial charge in [-0.1, -0.05) is 0 Å². The van der Waals surface area contributed by atoms with Crippen LogP contribution in [-0.2, 0) is 16.0 Å². The Morgan fingerprint density at radius 2 is 2.11 bits per heavy atom. The smallest absolute Gasteiger partial charge is 0.312 e. The minimum atomic E-state index is -0.528. The molecule has 0 bridgehead atoms. The lowest BCUT2D eigenvalue weighted by Crippen LogP contribution is -2.32. The predicted molar refractivity (Wildman–Crippen MR) is 99.0 cm³/mol. The summed E-state index contributed by atoms with van der Waals surface area (Å²) in [5.74, 6) is -0.150. The number of carbonyl (C=O) groups is 1. The molecule has 0 spiro atoms. The number of hydrogen-bond acceptors (Lipinski definition) is 7. The number of ether oxygens (including phenoxy) is 1. The molecule has 1 aliphatic heterocycles. The van der Waals surface area contributed by atoms with E-state index in [1.165, 1.54) is 6.07 Å². The molecule has 1 fully saturated rings. The van der Waals surface area contributed by atoms with Gasteiger partial charge in [0, 0.05) is 24.0 Å². The van der Waals surface area contributed by atoms with Crippen LogP contribution in [0.2, 0.25) is 0 Å². The lowest BCUT2D eigenvalue weighted by atomic mass is 9.98. The second-order valence-corrected chi connectivity index (χ2v) is 6.77. The molecule has 0 N–H and O–H groups in total. The molecule has 8 nitrogen and oxygen atoms in total. The van der Waals surface area contributed by atoms with Gasteiger partial charge in [-0.25, -0.2) is 4.98 Å². The van der Waals surface area contributed by atoms with E-state index < -0.39 is 10.9 Å². The van der Waals surface area contributed by atoms with E-state index in [0.717, 1.165) is 31.5 Å². The van der Waals surface area contributed by atoms with Gasteiger partial charge in [0.25, 0.3) is 5.69 Å². The van der Waals surface area contributed by atoms with Gasteiger partial charge in [0.2, 0.25) is 0 Å². The highest BCUT2D eigenvalue weighted by molar-refractivity contribution is 5.74. The van der Waals surface area contributed by atoms with E-state index in [2.05, 4.69) is 21.9 Å². The van der Waals surface area contributed by atoms with Crippen LogP contribution in [0.3, 0.4) is 0 Å². The second kappa shape index (κ2) is 8.68. The van der Waals surface area contributed by atoms with E-state index >= 15 is 0 Å². The highest BCUT2D eigenvalue weighted by Crippen LogP contribution is 2.24. The third kappa shape index (κ3) is 5.07. The van der Waals surface area contributed by atoms with Gasteiger partial charge in [0.15, 0.2) is 0 Å². The van der Waals surface area contributed by atoms with E-state index in [1.54, 1.807) is 24.5 Å². The number of nitrogens with zero attached hydrogens (tertiary/aromatic N) is 4. The van der Waals surface area contributed by atoms with Crippen molar-refractivity contribution in [3.8, 4) is 11.3 Å². The van der Waals surface area contributed by atoms with Crippen LogP contribution in [0.15, 0.2) is 36.7 Å². The molecular weight excluding hydrogens is 348 g/mol. The first-order chi connectivity index (χ1) is 13.0. The number of aromatic nitrogens is 2. The van der Waals surface area contributed by atoms with Gasteiger partial charge in [-0.05, 0) is 57.1 Å². The van der Waals surface area contributed by atoms with Crippen LogP contribution < -0.4 is 0 Å². The first-order valence-electron chi connectivity index (χ1n) is 8.92. The molecule has 3 heterocycles. The summed E-state index contributed by atoms with van der Waals surface area (Å²) in [4.78, 5) is 33.6. The van der Waals surface area contributed by atoms with Gasteiger partial charge in [0.1, 0.15) is 5.69 Å². The van der Waals surface area contributed by atoms with Gasteiger partial charge in [-0.2, -0.15) is 0 Å².